The number of carbonyl (C=O) groups is 1. The lowest BCUT2D eigenvalue weighted by Crippen LogP contribution is -2.52. The largest absolute Gasteiger partial charge is 0.385 e. The Hall–Kier alpha value is -1.91. The Morgan fingerprint density at radius 1 is 1.20 bits per heavy atom. The van der Waals surface area contributed by atoms with Gasteiger partial charge in [-0.3, -0.25) is 0 Å². The number of urea groups is 1. The van der Waals surface area contributed by atoms with Crippen molar-refractivity contribution in [3.8, 4) is 0 Å². The van der Waals surface area contributed by atoms with E-state index in [9.17, 15) is 4.79 Å². The first kappa shape index (κ1) is 11.9. The van der Waals surface area contributed by atoms with E-state index in [0.29, 0.717) is 6.04 Å². The highest BCUT2D eigenvalue weighted by Crippen LogP contribution is 2.33. The normalized spacial score (nSPS) is 24.8. The molecule has 3 aliphatic rings. The monoisotopic (exact) mass is 272 g/mol. The van der Waals surface area contributed by atoms with Gasteiger partial charge >= 0.3 is 6.03 Å². The minimum atomic E-state index is 0.103. The van der Waals surface area contributed by atoms with E-state index in [-0.39, 0.29) is 6.03 Å². The molecular formula is C15H20N4O. The van der Waals surface area contributed by atoms with Crippen molar-refractivity contribution in [3.63, 3.8) is 0 Å². The number of anilines is 2. The highest BCUT2D eigenvalue weighted by atomic mass is 16.2. The minimum Gasteiger partial charge on any atom is -0.385 e. The summed E-state index contributed by atoms with van der Waals surface area (Å²) in [5, 5.41) is 6.44. The average molecular weight is 272 g/mol. The standard InChI is InChI=1S/C15H20N4O/c20-15-17-9-11-10-18(7-8-19(11)15)14-5-1-4-13-12(14)3-2-6-16-13/h1,4-5,11,16H,2-3,6-10H2,(H,17,20). The lowest BCUT2D eigenvalue weighted by molar-refractivity contribution is 0.197. The van der Waals surface area contributed by atoms with Gasteiger partial charge in [-0.05, 0) is 30.5 Å². The molecule has 1 aromatic carbocycles. The fraction of sp³-hybridized carbons (Fsp3) is 0.533. The third-order valence-corrected chi connectivity index (χ3v) is 4.64. The van der Waals surface area contributed by atoms with Gasteiger partial charge in [0.15, 0.2) is 0 Å². The predicted octanol–water partition coefficient (Wildman–Crippen LogP) is 1.26. The minimum absolute atomic E-state index is 0.103. The molecular weight excluding hydrogens is 252 g/mol. The number of fused-ring (bicyclic) bond motifs is 2. The second kappa shape index (κ2) is 4.58. The van der Waals surface area contributed by atoms with Crippen LogP contribution in [0.25, 0.3) is 0 Å². The first-order valence-corrected chi connectivity index (χ1v) is 7.48. The van der Waals surface area contributed by atoms with Crippen molar-refractivity contribution in [2.24, 2.45) is 0 Å². The van der Waals surface area contributed by atoms with E-state index in [1.165, 1.54) is 23.4 Å². The third kappa shape index (κ3) is 1.80. The number of benzene rings is 1. The van der Waals surface area contributed by atoms with Crippen LogP contribution in [0.5, 0.6) is 0 Å². The van der Waals surface area contributed by atoms with Gasteiger partial charge in [0, 0.05) is 44.1 Å². The van der Waals surface area contributed by atoms with Crippen LogP contribution in [0, 0.1) is 0 Å². The molecule has 0 saturated carbocycles. The van der Waals surface area contributed by atoms with Crippen molar-refractivity contribution in [1.29, 1.82) is 0 Å². The van der Waals surface area contributed by atoms with E-state index in [1.54, 1.807) is 0 Å². The van der Waals surface area contributed by atoms with Crippen molar-refractivity contribution >= 4 is 17.4 Å². The number of hydrogen-bond acceptors (Lipinski definition) is 3. The molecule has 0 radical (unpaired) electrons. The van der Waals surface area contributed by atoms with Crippen LogP contribution in [0.3, 0.4) is 0 Å². The Labute approximate surface area is 118 Å². The van der Waals surface area contributed by atoms with E-state index >= 15 is 0 Å². The summed E-state index contributed by atoms with van der Waals surface area (Å²) < 4.78 is 0. The van der Waals surface area contributed by atoms with Crippen LogP contribution >= 0.6 is 0 Å². The number of hydrogen-bond donors (Lipinski definition) is 2. The zero-order valence-corrected chi connectivity index (χ0v) is 11.6. The van der Waals surface area contributed by atoms with Gasteiger partial charge in [-0.15, -0.1) is 0 Å². The quantitative estimate of drug-likeness (QED) is 0.809. The molecule has 0 spiro atoms. The van der Waals surface area contributed by atoms with Gasteiger partial charge in [0.05, 0.1) is 6.04 Å². The second-order valence-corrected chi connectivity index (χ2v) is 5.81. The van der Waals surface area contributed by atoms with E-state index in [1.807, 2.05) is 4.90 Å². The van der Waals surface area contributed by atoms with Crippen molar-refractivity contribution in [2.75, 3.05) is 42.9 Å². The number of nitrogens with zero attached hydrogens (tertiary/aromatic N) is 2. The molecule has 2 saturated heterocycles. The SMILES string of the molecule is O=C1NCC2CN(c3cccc4c3CCCN4)CCN12. The molecule has 5 nitrogen and oxygen atoms in total. The van der Waals surface area contributed by atoms with Crippen molar-refractivity contribution in [2.45, 2.75) is 18.9 Å². The van der Waals surface area contributed by atoms with Gasteiger partial charge in [-0.1, -0.05) is 6.07 Å². The van der Waals surface area contributed by atoms with Gasteiger partial charge < -0.3 is 20.4 Å². The van der Waals surface area contributed by atoms with Crippen LogP contribution in [0.2, 0.25) is 0 Å². The molecule has 106 valence electrons. The smallest absolute Gasteiger partial charge is 0.317 e. The zero-order chi connectivity index (χ0) is 13.5. The highest BCUT2D eigenvalue weighted by molar-refractivity contribution is 5.78. The lowest BCUT2D eigenvalue weighted by Gasteiger charge is -2.39. The van der Waals surface area contributed by atoms with Crippen LogP contribution in [0.4, 0.5) is 16.2 Å². The first-order chi connectivity index (χ1) is 9.83. The molecule has 4 rings (SSSR count). The van der Waals surface area contributed by atoms with E-state index in [4.69, 9.17) is 0 Å². The number of amides is 2. The number of nitrogens with one attached hydrogen (secondary N) is 2. The molecule has 1 unspecified atom stereocenters. The van der Waals surface area contributed by atoms with Crippen LogP contribution in [0.15, 0.2) is 18.2 Å². The Balaban J connectivity index is 1.61. The van der Waals surface area contributed by atoms with Crippen LogP contribution < -0.4 is 15.5 Å². The molecule has 1 atom stereocenters. The van der Waals surface area contributed by atoms with Crippen molar-refractivity contribution in [1.82, 2.24) is 10.2 Å². The summed E-state index contributed by atoms with van der Waals surface area (Å²) in [6, 6.07) is 6.97. The maximum Gasteiger partial charge on any atom is 0.317 e. The van der Waals surface area contributed by atoms with Crippen LogP contribution in [-0.4, -0.2) is 49.7 Å². The van der Waals surface area contributed by atoms with E-state index < -0.39 is 0 Å². The molecule has 20 heavy (non-hydrogen) atoms. The van der Waals surface area contributed by atoms with Crippen molar-refractivity contribution in [3.05, 3.63) is 23.8 Å². The number of rotatable bonds is 1. The topological polar surface area (TPSA) is 47.6 Å². The molecule has 0 aromatic heterocycles. The van der Waals surface area contributed by atoms with E-state index in [0.717, 1.165) is 39.1 Å². The maximum atomic E-state index is 11.7. The highest BCUT2D eigenvalue weighted by Gasteiger charge is 2.36. The summed E-state index contributed by atoms with van der Waals surface area (Å²) in [6.45, 7) is 4.55. The van der Waals surface area contributed by atoms with Crippen molar-refractivity contribution < 1.29 is 4.79 Å². The molecule has 0 bridgehead atoms. The lowest BCUT2D eigenvalue weighted by atomic mass is 10.00. The summed E-state index contributed by atoms with van der Waals surface area (Å²) >= 11 is 0. The predicted molar refractivity (Wildman–Crippen MR) is 79.4 cm³/mol. The molecule has 5 heteroatoms. The Bertz CT molecular complexity index is 545. The Morgan fingerprint density at radius 2 is 2.15 bits per heavy atom. The zero-order valence-electron chi connectivity index (χ0n) is 11.6. The molecule has 3 heterocycles. The summed E-state index contributed by atoms with van der Waals surface area (Å²) in [7, 11) is 0. The van der Waals surface area contributed by atoms with Crippen LogP contribution in [-0.2, 0) is 6.42 Å². The number of carbonyl (C=O) groups excluding carboxylic acids is 1. The molecule has 1 aromatic rings. The van der Waals surface area contributed by atoms with Gasteiger partial charge in [-0.25, -0.2) is 4.79 Å². The molecule has 2 fully saturated rings. The average Bonchev–Trinajstić information content (AvgIpc) is 2.87. The Morgan fingerprint density at radius 3 is 3.10 bits per heavy atom. The fourth-order valence-corrected chi connectivity index (χ4v) is 3.61. The van der Waals surface area contributed by atoms with Gasteiger partial charge in [0.1, 0.15) is 0 Å². The Kier molecular flexibility index (Phi) is 2.72. The molecule has 2 N–H and O–H groups in total. The van der Waals surface area contributed by atoms with Gasteiger partial charge in [0.25, 0.3) is 0 Å². The second-order valence-electron chi connectivity index (χ2n) is 5.81. The maximum absolute atomic E-state index is 11.7. The third-order valence-electron chi connectivity index (χ3n) is 4.64. The summed E-state index contributed by atoms with van der Waals surface area (Å²) in [5.74, 6) is 0. The van der Waals surface area contributed by atoms with Crippen LogP contribution in [0.1, 0.15) is 12.0 Å². The van der Waals surface area contributed by atoms with E-state index in [2.05, 4.69) is 33.7 Å². The molecule has 2 amide bonds. The summed E-state index contributed by atoms with van der Waals surface area (Å²) in [5.41, 5.74) is 4.09. The number of piperazine rings is 1. The fourth-order valence-electron chi connectivity index (χ4n) is 3.61. The molecule has 0 aliphatic carbocycles. The summed E-state index contributed by atoms with van der Waals surface area (Å²) in [6.07, 6.45) is 2.36. The van der Waals surface area contributed by atoms with Gasteiger partial charge in [0.2, 0.25) is 0 Å². The van der Waals surface area contributed by atoms with Gasteiger partial charge in [-0.2, -0.15) is 0 Å². The summed E-state index contributed by atoms with van der Waals surface area (Å²) in [4.78, 5) is 16.1. The molecule has 3 aliphatic heterocycles. The first-order valence-electron chi connectivity index (χ1n) is 7.48.